The van der Waals surface area contributed by atoms with Crippen LogP contribution in [0, 0.1) is 0 Å². The van der Waals surface area contributed by atoms with E-state index in [4.69, 9.17) is 28.2 Å². The summed E-state index contributed by atoms with van der Waals surface area (Å²) in [5.74, 6) is 2.70. The summed E-state index contributed by atoms with van der Waals surface area (Å²) in [7, 11) is 0. The molecule has 30 heavy (non-hydrogen) atoms. The molecule has 0 amide bonds. The lowest BCUT2D eigenvalue weighted by molar-refractivity contribution is -0.147. The Bertz CT molecular complexity index is 997. The summed E-state index contributed by atoms with van der Waals surface area (Å²) in [6.07, 6.45) is 0. The van der Waals surface area contributed by atoms with Crippen molar-refractivity contribution in [2.24, 2.45) is 0 Å². The van der Waals surface area contributed by atoms with Crippen molar-refractivity contribution in [1.82, 2.24) is 5.16 Å². The van der Waals surface area contributed by atoms with E-state index >= 15 is 0 Å². The van der Waals surface area contributed by atoms with Gasteiger partial charge in [-0.05, 0) is 49.4 Å². The molecule has 0 fully saturated rings. The van der Waals surface area contributed by atoms with Crippen LogP contribution < -0.4 is 18.9 Å². The van der Waals surface area contributed by atoms with Crippen LogP contribution in [-0.2, 0) is 16.1 Å². The van der Waals surface area contributed by atoms with Gasteiger partial charge in [-0.3, -0.25) is 0 Å². The second-order valence-electron chi connectivity index (χ2n) is 6.39. The normalized spacial score (nSPS) is 12.3. The van der Waals surface area contributed by atoms with Gasteiger partial charge in [-0.2, -0.15) is 0 Å². The highest BCUT2D eigenvalue weighted by atomic mass is 16.6. The van der Waals surface area contributed by atoms with Crippen LogP contribution in [0.15, 0.2) is 53.1 Å². The summed E-state index contributed by atoms with van der Waals surface area (Å²) in [5.41, 5.74) is 1.29. The standard InChI is InChI=1S/C22H21NO7/c1-2-25-17-4-6-18(7-5-17)28-14-22(24)29-13-16-12-20(30-23-16)15-3-8-19-21(11-15)27-10-9-26-19/h3-8,11-12H,2,9-10,13-14H2,1H3. The first-order valence-corrected chi connectivity index (χ1v) is 9.58. The average Bonchev–Trinajstić information content (AvgIpc) is 3.26. The van der Waals surface area contributed by atoms with E-state index in [9.17, 15) is 4.79 Å². The molecule has 0 saturated heterocycles. The Morgan fingerprint density at radius 3 is 2.47 bits per heavy atom. The molecular formula is C22H21NO7. The Morgan fingerprint density at radius 1 is 0.967 bits per heavy atom. The van der Waals surface area contributed by atoms with Crippen molar-refractivity contribution in [2.75, 3.05) is 26.4 Å². The van der Waals surface area contributed by atoms with E-state index in [1.807, 2.05) is 25.1 Å². The number of benzene rings is 2. The molecule has 8 nitrogen and oxygen atoms in total. The smallest absolute Gasteiger partial charge is 0.344 e. The second kappa shape index (κ2) is 9.21. The van der Waals surface area contributed by atoms with E-state index in [2.05, 4.69) is 5.16 Å². The number of esters is 1. The number of hydrogen-bond acceptors (Lipinski definition) is 8. The van der Waals surface area contributed by atoms with Crippen LogP contribution in [0.4, 0.5) is 0 Å². The van der Waals surface area contributed by atoms with E-state index in [-0.39, 0.29) is 13.2 Å². The van der Waals surface area contributed by atoms with Crippen molar-refractivity contribution in [1.29, 1.82) is 0 Å². The fraction of sp³-hybridized carbons (Fsp3) is 0.273. The summed E-state index contributed by atoms with van der Waals surface area (Å²) in [4.78, 5) is 11.9. The topological polar surface area (TPSA) is 89.3 Å². The zero-order valence-corrected chi connectivity index (χ0v) is 16.5. The third-order valence-electron chi connectivity index (χ3n) is 4.26. The highest BCUT2D eigenvalue weighted by Crippen LogP contribution is 2.34. The SMILES string of the molecule is CCOc1ccc(OCC(=O)OCc2cc(-c3ccc4c(c3)OCCO4)on2)cc1. The van der Waals surface area contributed by atoms with Gasteiger partial charge in [0.25, 0.3) is 0 Å². The average molecular weight is 411 g/mol. The molecule has 0 aliphatic carbocycles. The number of carbonyl (C=O) groups excluding carboxylic acids is 1. The molecule has 2 aromatic carbocycles. The quantitative estimate of drug-likeness (QED) is 0.519. The highest BCUT2D eigenvalue weighted by Gasteiger charge is 2.15. The summed E-state index contributed by atoms with van der Waals surface area (Å²) >= 11 is 0. The van der Waals surface area contributed by atoms with Crippen LogP contribution in [0.3, 0.4) is 0 Å². The van der Waals surface area contributed by atoms with Gasteiger partial charge in [-0.25, -0.2) is 4.79 Å². The van der Waals surface area contributed by atoms with Crippen molar-refractivity contribution in [3.8, 4) is 34.3 Å². The molecule has 1 aliphatic heterocycles. The molecule has 0 saturated carbocycles. The monoisotopic (exact) mass is 411 g/mol. The third-order valence-corrected chi connectivity index (χ3v) is 4.26. The molecule has 0 spiro atoms. The number of hydrogen-bond donors (Lipinski definition) is 0. The van der Waals surface area contributed by atoms with Crippen molar-refractivity contribution in [3.05, 3.63) is 54.2 Å². The van der Waals surface area contributed by atoms with E-state index < -0.39 is 5.97 Å². The molecule has 8 heteroatoms. The van der Waals surface area contributed by atoms with Crippen LogP contribution in [0.25, 0.3) is 11.3 Å². The van der Waals surface area contributed by atoms with E-state index in [0.29, 0.717) is 48.5 Å². The molecule has 0 bridgehead atoms. The number of aromatic nitrogens is 1. The van der Waals surface area contributed by atoms with Gasteiger partial charge in [0.2, 0.25) is 0 Å². The summed E-state index contributed by atoms with van der Waals surface area (Å²) < 4.78 is 32.4. The minimum Gasteiger partial charge on any atom is -0.494 e. The zero-order chi connectivity index (χ0) is 20.8. The van der Waals surface area contributed by atoms with Crippen molar-refractivity contribution in [2.45, 2.75) is 13.5 Å². The first-order valence-electron chi connectivity index (χ1n) is 9.58. The molecule has 3 aromatic rings. The maximum atomic E-state index is 11.9. The Morgan fingerprint density at radius 2 is 1.70 bits per heavy atom. The van der Waals surface area contributed by atoms with Crippen LogP contribution in [0.1, 0.15) is 12.6 Å². The first kappa shape index (κ1) is 19.6. The van der Waals surface area contributed by atoms with Gasteiger partial charge >= 0.3 is 5.97 Å². The lowest BCUT2D eigenvalue weighted by Crippen LogP contribution is -2.15. The van der Waals surface area contributed by atoms with Gasteiger partial charge in [-0.15, -0.1) is 0 Å². The molecule has 1 aromatic heterocycles. The molecule has 2 heterocycles. The number of ether oxygens (including phenoxy) is 5. The number of fused-ring (bicyclic) bond motifs is 1. The zero-order valence-electron chi connectivity index (χ0n) is 16.5. The van der Waals surface area contributed by atoms with Crippen LogP contribution in [-0.4, -0.2) is 37.6 Å². The molecular weight excluding hydrogens is 390 g/mol. The molecule has 0 atom stereocenters. The van der Waals surface area contributed by atoms with Gasteiger partial charge in [-0.1, -0.05) is 5.16 Å². The van der Waals surface area contributed by atoms with Crippen molar-refractivity contribution < 1.29 is 33.0 Å². The summed E-state index contributed by atoms with van der Waals surface area (Å²) in [6, 6.07) is 14.2. The Labute approximate surface area is 173 Å². The minimum atomic E-state index is -0.507. The Kier molecular flexibility index (Phi) is 6.03. The minimum absolute atomic E-state index is 0.0144. The predicted molar refractivity (Wildman–Crippen MR) is 106 cm³/mol. The summed E-state index contributed by atoms with van der Waals surface area (Å²) in [6.45, 7) is 3.32. The van der Waals surface area contributed by atoms with Gasteiger partial charge in [0.15, 0.2) is 23.9 Å². The molecule has 4 rings (SSSR count). The van der Waals surface area contributed by atoms with Crippen LogP contribution in [0.5, 0.6) is 23.0 Å². The molecule has 1 aliphatic rings. The van der Waals surface area contributed by atoms with E-state index in [0.717, 1.165) is 11.3 Å². The molecule has 156 valence electrons. The Hall–Kier alpha value is -3.68. The summed E-state index contributed by atoms with van der Waals surface area (Å²) in [5, 5.41) is 3.94. The largest absolute Gasteiger partial charge is 0.494 e. The Balaban J connectivity index is 1.27. The second-order valence-corrected chi connectivity index (χ2v) is 6.39. The van der Waals surface area contributed by atoms with Gasteiger partial charge in [0, 0.05) is 11.6 Å². The maximum absolute atomic E-state index is 11.9. The number of rotatable bonds is 8. The lowest BCUT2D eigenvalue weighted by atomic mass is 10.1. The van der Waals surface area contributed by atoms with Crippen LogP contribution in [0.2, 0.25) is 0 Å². The highest BCUT2D eigenvalue weighted by molar-refractivity contribution is 5.71. The van der Waals surface area contributed by atoms with Gasteiger partial charge in [0.05, 0.1) is 6.61 Å². The van der Waals surface area contributed by atoms with Crippen molar-refractivity contribution >= 4 is 5.97 Å². The molecule has 0 unspecified atom stereocenters. The van der Waals surface area contributed by atoms with E-state index in [1.54, 1.807) is 30.3 Å². The number of nitrogens with zero attached hydrogens (tertiary/aromatic N) is 1. The molecule has 0 N–H and O–H groups in total. The van der Waals surface area contributed by atoms with E-state index in [1.165, 1.54) is 0 Å². The number of carbonyl (C=O) groups is 1. The fourth-order valence-corrected chi connectivity index (χ4v) is 2.85. The maximum Gasteiger partial charge on any atom is 0.344 e. The third kappa shape index (κ3) is 4.83. The van der Waals surface area contributed by atoms with Gasteiger partial charge < -0.3 is 28.2 Å². The predicted octanol–water partition coefficient (Wildman–Crippen LogP) is 3.63. The fourth-order valence-electron chi connectivity index (χ4n) is 2.85. The lowest BCUT2D eigenvalue weighted by Gasteiger charge is -2.18. The van der Waals surface area contributed by atoms with Crippen molar-refractivity contribution in [3.63, 3.8) is 0 Å². The van der Waals surface area contributed by atoms with Crippen LogP contribution >= 0.6 is 0 Å². The van der Waals surface area contributed by atoms with Gasteiger partial charge in [0.1, 0.15) is 37.0 Å². The first-order chi connectivity index (χ1) is 14.7. The molecule has 0 radical (unpaired) electrons.